The van der Waals surface area contributed by atoms with Crippen LogP contribution in [0.4, 0.5) is 5.69 Å². The summed E-state index contributed by atoms with van der Waals surface area (Å²) in [6.07, 6.45) is 2.86. The molecule has 0 aromatic heterocycles. The van der Waals surface area contributed by atoms with Gasteiger partial charge < -0.3 is 10.1 Å². The Kier molecular flexibility index (Phi) is 7.81. The van der Waals surface area contributed by atoms with Crippen molar-refractivity contribution in [3.63, 3.8) is 0 Å². The molecule has 0 radical (unpaired) electrons. The van der Waals surface area contributed by atoms with E-state index in [1.165, 1.54) is 11.4 Å². The first-order valence-corrected chi connectivity index (χ1v) is 9.59. The third-order valence-electron chi connectivity index (χ3n) is 3.25. The molecule has 0 unspecified atom stereocenters. The fourth-order valence-electron chi connectivity index (χ4n) is 1.99. The van der Waals surface area contributed by atoms with Crippen LogP contribution in [-0.2, 0) is 14.8 Å². The number of anilines is 1. The SMILES string of the molecule is CCCCN(CCC(=O)Nc1cc(Cl)ccc1OC)S(C)(=O)=O. The minimum absolute atomic E-state index is 0.0620. The van der Waals surface area contributed by atoms with Crippen molar-refractivity contribution in [3.05, 3.63) is 23.2 Å². The topological polar surface area (TPSA) is 75.7 Å². The molecule has 8 heteroatoms. The van der Waals surface area contributed by atoms with Gasteiger partial charge in [-0.15, -0.1) is 0 Å². The van der Waals surface area contributed by atoms with Crippen LogP contribution in [-0.4, -0.2) is 45.1 Å². The van der Waals surface area contributed by atoms with Gasteiger partial charge in [-0.3, -0.25) is 4.79 Å². The van der Waals surface area contributed by atoms with Crippen LogP contribution in [0.3, 0.4) is 0 Å². The van der Waals surface area contributed by atoms with Gasteiger partial charge in [-0.05, 0) is 24.6 Å². The number of benzene rings is 1. The highest BCUT2D eigenvalue weighted by atomic mass is 35.5. The number of nitrogens with one attached hydrogen (secondary N) is 1. The first-order valence-electron chi connectivity index (χ1n) is 7.36. The number of rotatable bonds is 9. The Bertz CT molecular complexity index is 634. The summed E-state index contributed by atoms with van der Waals surface area (Å²) < 4.78 is 29.9. The number of hydrogen-bond acceptors (Lipinski definition) is 4. The maximum atomic E-state index is 12.1. The molecule has 0 aliphatic heterocycles. The molecule has 130 valence electrons. The van der Waals surface area contributed by atoms with Gasteiger partial charge >= 0.3 is 0 Å². The van der Waals surface area contributed by atoms with E-state index in [0.29, 0.717) is 23.0 Å². The van der Waals surface area contributed by atoms with Crippen molar-refractivity contribution in [2.45, 2.75) is 26.2 Å². The number of hydrogen-bond donors (Lipinski definition) is 1. The highest BCUT2D eigenvalue weighted by Gasteiger charge is 2.17. The molecule has 0 bridgehead atoms. The molecule has 0 saturated heterocycles. The summed E-state index contributed by atoms with van der Waals surface area (Å²) in [6.45, 7) is 2.55. The maximum Gasteiger partial charge on any atom is 0.225 e. The number of amides is 1. The molecule has 1 aromatic carbocycles. The molecule has 0 atom stereocenters. The van der Waals surface area contributed by atoms with Crippen molar-refractivity contribution >= 4 is 33.2 Å². The monoisotopic (exact) mass is 362 g/mol. The van der Waals surface area contributed by atoms with Crippen LogP contribution >= 0.6 is 11.6 Å². The van der Waals surface area contributed by atoms with Gasteiger partial charge in [0.05, 0.1) is 19.1 Å². The fourth-order valence-corrected chi connectivity index (χ4v) is 3.05. The van der Waals surface area contributed by atoms with Crippen molar-refractivity contribution in [1.82, 2.24) is 4.31 Å². The molecule has 6 nitrogen and oxygen atoms in total. The Balaban J connectivity index is 2.67. The van der Waals surface area contributed by atoms with Crippen LogP contribution in [0.2, 0.25) is 5.02 Å². The molecule has 1 N–H and O–H groups in total. The van der Waals surface area contributed by atoms with Crippen molar-refractivity contribution < 1.29 is 17.9 Å². The number of sulfonamides is 1. The predicted octanol–water partition coefficient (Wildman–Crippen LogP) is 2.74. The molecule has 0 saturated carbocycles. The zero-order chi connectivity index (χ0) is 17.5. The van der Waals surface area contributed by atoms with Gasteiger partial charge in [-0.2, -0.15) is 0 Å². The van der Waals surface area contributed by atoms with Crippen LogP contribution in [0.1, 0.15) is 26.2 Å². The molecule has 0 heterocycles. The molecule has 1 amide bonds. The molecular weight excluding hydrogens is 340 g/mol. The molecule has 23 heavy (non-hydrogen) atoms. The smallest absolute Gasteiger partial charge is 0.225 e. The number of methoxy groups -OCH3 is 1. The number of nitrogens with zero attached hydrogens (tertiary/aromatic N) is 1. The first-order chi connectivity index (χ1) is 10.8. The average molecular weight is 363 g/mol. The second-order valence-electron chi connectivity index (χ2n) is 5.16. The van der Waals surface area contributed by atoms with E-state index in [9.17, 15) is 13.2 Å². The Morgan fingerprint density at radius 1 is 1.35 bits per heavy atom. The van der Waals surface area contributed by atoms with Gasteiger partial charge in [-0.1, -0.05) is 24.9 Å². The first kappa shape index (κ1) is 19.7. The lowest BCUT2D eigenvalue weighted by Gasteiger charge is -2.19. The fraction of sp³-hybridized carbons (Fsp3) is 0.533. The third-order valence-corrected chi connectivity index (χ3v) is 4.79. The van der Waals surface area contributed by atoms with E-state index in [1.54, 1.807) is 18.2 Å². The number of carbonyl (C=O) groups is 1. The van der Waals surface area contributed by atoms with E-state index in [1.807, 2.05) is 6.92 Å². The lowest BCUT2D eigenvalue weighted by Crippen LogP contribution is -2.33. The summed E-state index contributed by atoms with van der Waals surface area (Å²) in [5, 5.41) is 3.17. The summed E-state index contributed by atoms with van der Waals surface area (Å²) in [6, 6.07) is 4.90. The Hall–Kier alpha value is -1.31. The van der Waals surface area contributed by atoms with E-state index >= 15 is 0 Å². The second-order valence-corrected chi connectivity index (χ2v) is 7.58. The number of unbranched alkanes of at least 4 members (excludes halogenated alkanes) is 1. The number of ether oxygens (including phenoxy) is 1. The molecule has 1 aromatic rings. The van der Waals surface area contributed by atoms with E-state index < -0.39 is 10.0 Å². The minimum atomic E-state index is -3.32. The lowest BCUT2D eigenvalue weighted by molar-refractivity contribution is -0.116. The molecule has 0 fully saturated rings. The van der Waals surface area contributed by atoms with Gasteiger partial charge in [0.15, 0.2) is 0 Å². The standard InChI is InChI=1S/C15H23ClN2O4S/c1-4-5-9-18(23(3,20)21)10-8-15(19)17-13-11-12(16)6-7-14(13)22-2/h6-7,11H,4-5,8-10H2,1-3H3,(H,17,19). The van der Waals surface area contributed by atoms with Crippen LogP contribution < -0.4 is 10.1 Å². The van der Waals surface area contributed by atoms with Gasteiger partial charge in [0.2, 0.25) is 15.9 Å². The highest BCUT2D eigenvalue weighted by Crippen LogP contribution is 2.27. The van der Waals surface area contributed by atoms with Gasteiger partial charge in [0, 0.05) is 24.5 Å². The minimum Gasteiger partial charge on any atom is -0.495 e. The third kappa shape index (κ3) is 6.76. The van der Waals surface area contributed by atoms with Crippen molar-refractivity contribution in [1.29, 1.82) is 0 Å². The molecule has 1 rings (SSSR count). The largest absolute Gasteiger partial charge is 0.495 e. The zero-order valence-electron chi connectivity index (χ0n) is 13.6. The van der Waals surface area contributed by atoms with Crippen molar-refractivity contribution in [3.8, 4) is 5.75 Å². The highest BCUT2D eigenvalue weighted by molar-refractivity contribution is 7.88. The summed E-state index contributed by atoms with van der Waals surface area (Å²) in [5.74, 6) is 0.199. The van der Waals surface area contributed by atoms with E-state index in [4.69, 9.17) is 16.3 Å². The Labute approximate surface area is 142 Å². The second kappa shape index (κ2) is 9.10. The van der Waals surface area contributed by atoms with Crippen molar-refractivity contribution in [2.24, 2.45) is 0 Å². The normalized spacial score (nSPS) is 11.5. The summed E-state index contributed by atoms with van der Waals surface area (Å²) in [7, 11) is -1.82. The quantitative estimate of drug-likeness (QED) is 0.732. The van der Waals surface area contributed by atoms with Crippen LogP contribution in [0.25, 0.3) is 0 Å². The van der Waals surface area contributed by atoms with E-state index in [-0.39, 0.29) is 18.9 Å². The average Bonchev–Trinajstić information content (AvgIpc) is 2.46. The van der Waals surface area contributed by atoms with Crippen LogP contribution in [0.15, 0.2) is 18.2 Å². The van der Waals surface area contributed by atoms with Gasteiger partial charge in [-0.25, -0.2) is 12.7 Å². The maximum absolute atomic E-state index is 12.1. The summed E-state index contributed by atoms with van der Waals surface area (Å²) in [5.41, 5.74) is 0.462. The zero-order valence-corrected chi connectivity index (χ0v) is 15.2. The van der Waals surface area contributed by atoms with Crippen LogP contribution in [0, 0.1) is 0 Å². The van der Waals surface area contributed by atoms with E-state index in [2.05, 4.69) is 5.32 Å². The van der Waals surface area contributed by atoms with Crippen LogP contribution in [0.5, 0.6) is 5.75 Å². The Morgan fingerprint density at radius 3 is 2.61 bits per heavy atom. The predicted molar refractivity (Wildman–Crippen MR) is 92.6 cm³/mol. The molecular formula is C15H23ClN2O4S. The number of carbonyl (C=O) groups excluding carboxylic acids is 1. The van der Waals surface area contributed by atoms with E-state index in [0.717, 1.165) is 19.1 Å². The molecule has 0 aliphatic rings. The summed E-state index contributed by atoms with van der Waals surface area (Å²) in [4.78, 5) is 12.1. The van der Waals surface area contributed by atoms with Gasteiger partial charge in [0.25, 0.3) is 0 Å². The summed E-state index contributed by atoms with van der Waals surface area (Å²) >= 11 is 5.91. The Morgan fingerprint density at radius 2 is 2.04 bits per heavy atom. The lowest BCUT2D eigenvalue weighted by atomic mass is 10.2. The number of halogens is 1. The molecule has 0 aliphatic carbocycles. The van der Waals surface area contributed by atoms with Gasteiger partial charge in [0.1, 0.15) is 5.75 Å². The van der Waals surface area contributed by atoms with Crippen molar-refractivity contribution in [2.75, 3.05) is 31.8 Å². The molecule has 0 spiro atoms.